The second-order valence-corrected chi connectivity index (χ2v) is 5.84. The molecule has 0 bridgehead atoms. The zero-order chi connectivity index (χ0) is 13.4. The third kappa shape index (κ3) is 2.10. The van der Waals surface area contributed by atoms with Gasteiger partial charge in [-0.15, -0.1) is 0 Å². The topological polar surface area (TPSA) is 3.24 Å². The molecule has 0 saturated heterocycles. The van der Waals surface area contributed by atoms with Gasteiger partial charge in [0.25, 0.3) is 0 Å². The monoisotopic (exact) mass is 313 g/mol. The van der Waals surface area contributed by atoms with E-state index in [1.807, 2.05) is 0 Å². The molecule has 2 aromatic rings. The third-order valence-electron chi connectivity index (χ3n) is 3.72. The van der Waals surface area contributed by atoms with Gasteiger partial charge in [-0.25, -0.2) is 0 Å². The Bertz CT molecular complexity index is 645. The molecule has 3 rings (SSSR count). The van der Waals surface area contributed by atoms with Crippen LogP contribution in [0.15, 0.2) is 58.6 Å². The number of likely N-dealkylation sites (N-methyl/N-ethyl adjacent to an activating group) is 1. The largest absolute Gasteiger partial charge is 0.363 e. The first-order valence-corrected chi connectivity index (χ1v) is 7.22. The Labute approximate surface area is 122 Å². The molecule has 0 fully saturated rings. The lowest BCUT2D eigenvalue weighted by Crippen LogP contribution is -2.28. The number of nitrogens with zero attached hydrogens (tertiary/aromatic N) is 1. The van der Waals surface area contributed by atoms with E-state index in [4.69, 9.17) is 0 Å². The summed E-state index contributed by atoms with van der Waals surface area (Å²) < 4.78 is 1.17. The Balaban J connectivity index is 2.13. The Morgan fingerprint density at radius 3 is 2.47 bits per heavy atom. The van der Waals surface area contributed by atoms with Crippen molar-refractivity contribution in [2.75, 3.05) is 11.9 Å². The molecule has 0 amide bonds. The number of anilines is 1. The summed E-state index contributed by atoms with van der Waals surface area (Å²) in [5.41, 5.74) is 5.26. The molecule has 1 nitrogen and oxygen atoms in total. The molecule has 2 aromatic carbocycles. The standard InChI is InChI=1S/C17H16BrN/c1-12-11-13-7-3-6-10-16(13)19(2)17(12)14-8-4-5-9-15(14)18/h3-11,17H,1-2H3. The maximum Gasteiger partial charge on any atom is 0.0764 e. The number of benzene rings is 2. The van der Waals surface area contributed by atoms with E-state index in [0.29, 0.717) is 6.04 Å². The zero-order valence-corrected chi connectivity index (χ0v) is 12.7. The highest BCUT2D eigenvalue weighted by atomic mass is 79.9. The van der Waals surface area contributed by atoms with Crippen LogP contribution in [0.5, 0.6) is 0 Å². The van der Waals surface area contributed by atoms with E-state index < -0.39 is 0 Å². The van der Waals surface area contributed by atoms with Gasteiger partial charge in [-0.1, -0.05) is 58.4 Å². The molecule has 1 heterocycles. The van der Waals surface area contributed by atoms with Crippen molar-refractivity contribution in [3.63, 3.8) is 0 Å². The van der Waals surface area contributed by atoms with Crippen LogP contribution < -0.4 is 4.90 Å². The average Bonchev–Trinajstić information content (AvgIpc) is 2.41. The van der Waals surface area contributed by atoms with Gasteiger partial charge in [0.2, 0.25) is 0 Å². The van der Waals surface area contributed by atoms with Crippen LogP contribution in [0.4, 0.5) is 5.69 Å². The highest BCUT2D eigenvalue weighted by Gasteiger charge is 2.25. The van der Waals surface area contributed by atoms with Gasteiger partial charge in [-0.3, -0.25) is 0 Å². The minimum absolute atomic E-state index is 0.297. The van der Waals surface area contributed by atoms with E-state index in [1.165, 1.54) is 26.9 Å². The number of rotatable bonds is 1. The SMILES string of the molecule is CC1=Cc2ccccc2N(C)C1c1ccccc1Br. The number of hydrogen-bond acceptors (Lipinski definition) is 1. The fourth-order valence-electron chi connectivity index (χ4n) is 2.85. The van der Waals surface area contributed by atoms with Crippen LogP contribution in [-0.4, -0.2) is 7.05 Å². The third-order valence-corrected chi connectivity index (χ3v) is 4.44. The summed E-state index contributed by atoms with van der Waals surface area (Å²) >= 11 is 3.67. The number of para-hydroxylation sites is 1. The van der Waals surface area contributed by atoms with Crippen LogP contribution >= 0.6 is 15.9 Å². The molecule has 1 aliphatic heterocycles. The van der Waals surface area contributed by atoms with Gasteiger partial charge in [0.1, 0.15) is 0 Å². The van der Waals surface area contributed by atoms with Crippen molar-refractivity contribution < 1.29 is 0 Å². The molecule has 0 spiro atoms. The van der Waals surface area contributed by atoms with Gasteiger partial charge >= 0.3 is 0 Å². The molecule has 19 heavy (non-hydrogen) atoms. The zero-order valence-electron chi connectivity index (χ0n) is 11.1. The molecule has 2 heteroatoms. The molecule has 96 valence electrons. The summed E-state index contributed by atoms with van der Waals surface area (Å²) in [6.07, 6.45) is 2.29. The quantitative estimate of drug-likeness (QED) is 0.712. The number of hydrogen-bond donors (Lipinski definition) is 0. The molecule has 1 aliphatic rings. The van der Waals surface area contributed by atoms with Crippen molar-refractivity contribution in [2.45, 2.75) is 13.0 Å². The Kier molecular flexibility index (Phi) is 3.19. The summed E-state index contributed by atoms with van der Waals surface area (Å²) in [6, 6.07) is 17.3. The minimum atomic E-state index is 0.297. The van der Waals surface area contributed by atoms with Crippen LogP contribution in [-0.2, 0) is 0 Å². The fourth-order valence-corrected chi connectivity index (χ4v) is 3.35. The second kappa shape index (κ2) is 4.86. The van der Waals surface area contributed by atoms with E-state index in [-0.39, 0.29) is 0 Å². The minimum Gasteiger partial charge on any atom is -0.363 e. The summed E-state index contributed by atoms with van der Waals surface area (Å²) in [4.78, 5) is 2.35. The van der Waals surface area contributed by atoms with Gasteiger partial charge in [0.05, 0.1) is 6.04 Å². The normalized spacial score (nSPS) is 17.9. The highest BCUT2D eigenvalue weighted by Crippen LogP contribution is 2.41. The molecular formula is C17H16BrN. The first-order valence-electron chi connectivity index (χ1n) is 6.43. The van der Waals surface area contributed by atoms with Gasteiger partial charge in [0, 0.05) is 17.2 Å². The number of fused-ring (bicyclic) bond motifs is 1. The van der Waals surface area contributed by atoms with Crippen molar-refractivity contribution in [1.82, 2.24) is 0 Å². The van der Waals surface area contributed by atoms with E-state index in [2.05, 4.69) is 89.4 Å². The Hall–Kier alpha value is -1.54. The maximum atomic E-state index is 3.67. The molecule has 0 radical (unpaired) electrons. The van der Waals surface area contributed by atoms with Gasteiger partial charge in [-0.05, 0) is 35.8 Å². The summed E-state index contributed by atoms with van der Waals surface area (Å²) in [7, 11) is 2.17. The molecular weight excluding hydrogens is 298 g/mol. The van der Waals surface area contributed by atoms with Crippen LogP contribution in [0.1, 0.15) is 24.1 Å². The summed E-state index contributed by atoms with van der Waals surface area (Å²) in [6.45, 7) is 2.20. The van der Waals surface area contributed by atoms with Crippen molar-refractivity contribution in [3.05, 3.63) is 69.7 Å². The smallest absolute Gasteiger partial charge is 0.0764 e. The van der Waals surface area contributed by atoms with Crippen molar-refractivity contribution in [3.8, 4) is 0 Å². The van der Waals surface area contributed by atoms with Gasteiger partial charge in [-0.2, -0.15) is 0 Å². The fraction of sp³-hybridized carbons (Fsp3) is 0.176. The second-order valence-electron chi connectivity index (χ2n) is 4.98. The Morgan fingerprint density at radius 1 is 1.00 bits per heavy atom. The predicted molar refractivity (Wildman–Crippen MR) is 85.4 cm³/mol. The van der Waals surface area contributed by atoms with Gasteiger partial charge < -0.3 is 4.90 Å². The van der Waals surface area contributed by atoms with Crippen molar-refractivity contribution in [1.29, 1.82) is 0 Å². The van der Waals surface area contributed by atoms with Gasteiger partial charge in [0.15, 0.2) is 0 Å². The van der Waals surface area contributed by atoms with E-state index >= 15 is 0 Å². The molecule has 1 unspecified atom stereocenters. The maximum absolute atomic E-state index is 3.67. The first kappa shape index (κ1) is 12.5. The van der Waals surface area contributed by atoms with E-state index in [0.717, 1.165) is 0 Å². The summed E-state index contributed by atoms with van der Waals surface area (Å²) in [5, 5.41) is 0. The summed E-state index contributed by atoms with van der Waals surface area (Å²) in [5.74, 6) is 0. The lowest BCUT2D eigenvalue weighted by atomic mass is 9.92. The first-order chi connectivity index (χ1) is 9.18. The molecule has 0 aliphatic carbocycles. The molecule has 0 saturated carbocycles. The van der Waals surface area contributed by atoms with Crippen LogP contribution in [0, 0.1) is 0 Å². The van der Waals surface area contributed by atoms with Crippen molar-refractivity contribution >= 4 is 27.7 Å². The Morgan fingerprint density at radius 2 is 1.68 bits per heavy atom. The lowest BCUT2D eigenvalue weighted by Gasteiger charge is -2.36. The average molecular weight is 314 g/mol. The molecule has 0 N–H and O–H groups in total. The van der Waals surface area contributed by atoms with E-state index in [1.54, 1.807) is 0 Å². The van der Waals surface area contributed by atoms with Crippen LogP contribution in [0.3, 0.4) is 0 Å². The van der Waals surface area contributed by atoms with E-state index in [9.17, 15) is 0 Å². The predicted octanol–water partition coefficient (Wildman–Crippen LogP) is 5.04. The molecule has 0 aromatic heterocycles. The van der Waals surface area contributed by atoms with Crippen LogP contribution in [0.2, 0.25) is 0 Å². The lowest BCUT2D eigenvalue weighted by molar-refractivity contribution is 0.757. The number of halogens is 1. The van der Waals surface area contributed by atoms with Crippen molar-refractivity contribution in [2.24, 2.45) is 0 Å². The van der Waals surface area contributed by atoms with Crippen LogP contribution in [0.25, 0.3) is 6.08 Å². The molecule has 1 atom stereocenters. The highest BCUT2D eigenvalue weighted by molar-refractivity contribution is 9.10.